The number of rotatable bonds is 28. The molecule has 4 aromatic rings. The molecule has 2 aliphatic rings. The molecule has 0 saturated heterocycles. The molecular formula is C54H71N7O12Si. The first-order valence-corrected chi connectivity index (χ1v) is 28.3. The average molecular weight is 1040 g/mol. The van der Waals surface area contributed by atoms with Gasteiger partial charge in [0.1, 0.15) is 32.2 Å². The molecule has 0 aliphatic carbocycles. The number of carbonyl (C=O) groups is 5. The number of Topliss-reactive ketones (excluding diaryl/α,β-unsaturated/α-hetero) is 2. The monoisotopic (exact) mass is 1040 g/mol. The highest BCUT2D eigenvalue weighted by atomic mass is 28.4. The summed E-state index contributed by atoms with van der Waals surface area (Å²) >= 11 is 0. The predicted octanol–water partition coefficient (Wildman–Crippen LogP) is 9.37. The number of unbranched alkanes of at least 4 members (excludes halogenated alkanes) is 1. The van der Waals surface area contributed by atoms with Gasteiger partial charge in [-0.15, -0.1) is 0 Å². The lowest BCUT2D eigenvalue weighted by Crippen LogP contribution is -2.47. The lowest BCUT2D eigenvalue weighted by atomic mass is 9.85. The number of azide groups is 1. The van der Waals surface area contributed by atoms with Crippen molar-refractivity contribution in [2.45, 2.75) is 136 Å². The molecule has 1 amide bonds. The Balaban J connectivity index is 1.09. The van der Waals surface area contributed by atoms with Gasteiger partial charge < -0.3 is 43.3 Å². The molecule has 0 unspecified atom stereocenters. The third-order valence-electron chi connectivity index (χ3n) is 14.0. The van der Waals surface area contributed by atoms with Crippen molar-refractivity contribution in [3.8, 4) is 17.1 Å². The molecule has 6 rings (SSSR count). The van der Waals surface area contributed by atoms with Gasteiger partial charge in [-0.25, -0.2) is 14.6 Å². The van der Waals surface area contributed by atoms with E-state index in [0.717, 1.165) is 34.2 Å². The van der Waals surface area contributed by atoms with Crippen molar-refractivity contribution in [3.05, 3.63) is 97.1 Å². The second-order valence-corrected chi connectivity index (χ2v) is 24.8. The molecule has 2 aromatic carbocycles. The number of carbonyl (C=O) groups excluding carboxylic acids is 5. The van der Waals surface area contributed by atoms with Crippen LogP contribution in [0.25, 0.3) is 32.7 Å². The number of hydrogen-bond donors (Lipinski definition) is 2. The Labute approximate surface area is 434 Å². The standard InChI is InChI=1S/C54H71N7O12Si/c1-9-41-42-28-40(73-74(7,8)53(4,5)6)21-22-46(42)59-48-43(41)30-61-47(48)29-45-44(50(61)65)34-70-51(66)54(45,10-2)72-52(67)71-31-35-17-19-37(20-18-35)58-49(64)36(15-12-13-23-56-11-3)27-39(63)33-69-32-38(62)16-14-25-68-26-24-57-60-55/h17-22,28-29,36,56H,9-16,23-27,30-34H2,1-8H3,(H,58,64)/t36-,54+/m1/s1/i3T. The molecule has 20 heteroatoms. The van der Waals surface area contributed by atoms with Crippen LogP contribution >= 0.6 is 0 Å². The minimum Gasteiger partial charge on any atom is -0.543 e. The van der Waals surface area contributed by atoms with E-state index < -0.39 is 32.0 Å². The number of pyridine rings is 2. The molecule has 0 fully saturated rings. The average Bonchev–Trinajstić information content (AvgIpc) is 3.74. The third-order valence-corrected chi connectivity index (χ3v) is 18.3. The topological polar surface area (TPSA) is 248 Å². The van der Waals surface area contributed by atoms with Crippen molar-refractivity contribution in [2.75, 3.05) is 51.4 Å². The van der Waals surface area contributed by atoms with E-state index in [1.807, 2.05) is 18.2 Å². The zero-order valence-electron chi connectivity index (χ0n) is 44.8. The van der Waals surface area contributed by atoms with Crippen LogP contribution in [-0.4, -0.2) is 93.5 Å². The Morgan fingerprint density at radius 2 is 1.77 bits per heavy atom. The molecule has 2 atom stereocenters. The Hall–Kier alpha value is -6.44. The lowest BCUT2D eigenvalue weighted by molar-refractivity contribution is -0.175. The van der Waals surface area contributed by atoms with Gasteiger partial charge in [-0.1, -0.05) is 65.2 Å². The summed E-state index contributed by atoms with van der Waals surface area (Å²) in [5.41, 5.74) is 11.1. The molecule has 74 heavy (non-hydrogen) atoms. The number of ketones is 2. The summed E-state index contributed by atoms with van der Waals surface area (Å²) in [5, 5.41) is 10.4. The van der Waals surface area contributed by atoms with Gasteiger partial charge >= 0.3 is 12.1 Å². The molecule has 2 N–H and O–H groups in total. The number of amides is 1. The van der Waals surface area contributed by atoms with Gasteiger partial charge in [0.15, 0.2) is 11.6 Å². The summed E-state index contributed by atoms with van der Waals surface area (Å²) in [6, 6.07) is 14.2. The van der Waals surface area contributed by atoms with Crippen molar-refractivity contribution in [2.24, 2.45) is 11.0 Å². The number of cyclic esters (lactones) is 1. The van der Waals surface area contributed by atoms with Gasteiger partial charge in [0.05, 0.1) is 35.6 Å². The van der Waals surface area contributed by atoms with Crippen molar-refractivity contribution in [3.63, 3.8) is 0 Å². The molecular weight excluding hydrogens is 967 g/mol. The third kappa shape index (κ3) is 13.8. The summed E-state index contributed by atoms with van der Waals surface area (Å²) in [7, 11) is -2.14. The summed E-state index contributed by atoms with van der Waals surface area (Å²) in [6.45, 7) is 16.1. The maximum Gasteiger partial charge on any atom is 0.510 e. The number of nitrogens with zero attached hydrogens (tertiary/aromatic N) is 5. The van der Waals surface area contributed by atoms with Crippen molar-refractivity contribution in [1.29, 1.82) is 0 Å². The Morgan fingerprint density at radius 1 is 1.00 bits per heavy atom. The van der Waals surface area contributed by atoms with E-state index in [1.165, 1.54) is 0 Å². The number of esters is 1. The van der Waals surface area contributed by atoms with Crippen molar-refractivity contribution >= 4 is 54.5 Å². The summed E-state index contributed by atoms with van der Waals surface area (Å²) in [4.78, 5) is 88.2. The molecule has 0 saturated carbocycles. The van der Waals surface area contributed by atoms with E-state index in [9.17, 15) is 28.8 Å². The van der Waals surface area contributed by atoms with Gasteiger partial charge in [-0.05, 0) is 116 Å². The van der Waals surface area contributed by atoms with Crippen molar-refractivity contribution in [1.82, 2.24) is 14.9 Å². The fraction of sp³-hybridized carbons (Fsp3) is 0.537. The Kier molecular flexibility index (Phi) is 19.2. The Bertz CT molecular complexity index is 2830. The van der Waals surface area contributed by atoms with Crippen LogP contribution in [0.3, 0.4) is 0 Å². The molecule has 0 spiro atoms. The highest BCUT2D eigenvalue weighted by Crippen LogP contribution is 2.43. The number of benzene rings is 2. The maximum absolute atomic E-state index is 14.3. The van der Waals surface area contributed by atoms with E-state index in [4.69, 9.17) is 40.0 Å². The first kappa shape index (κ1) is 55.3. The van der Waals surface area contributed by atoms with Gasteiger partial charge in [0, 0.05) is 60.4 Å². The maximum atomic E-state index is 14.3. The zero-order chi connectivity index (χ0) is 54.3. The van der Waals surface area contributed by atoms with Gasteiger partial charge in [0.2, 0.25) is 19.8 Å². The minimum absolute atomic E-state index is 0.00299. The number of nitrogens with one attached hydrogen (secondary N) is 2. The first-order valence-electron chi connectivity index (χ1n) is 26.1. The second kappa shape index (κ2) is 25.7. The SMILES string of the molecule is [3H]CCNCCCC[C@H](CC(=O)COCC(=O)CCCOCCN=[N+]=[N-])C(=O)Nc1ccc(COC(=O)O[C@]2(CC)C(=O)OCc3c2cc2n(c3=O)Cc3c-2nc2ccc(O[Si](C)(C)C(C)(C)C)cc2c3CC)cc1. The molecule has 2 aromatic heterocycles. The van der Waals surface area contributed by atoms with Crippen LogP contribution < -0.4 is 20.6 Å². The second-order valence-electron chi connectivity index (χ2n) is 20.1. The molecule has 4 heterocycles. The smallest absolute Gasteiger partial charge is 0.510 e. The quantitative estimate of drug-likeness (QED) is 0.0118. The highest BCUT2D eigenvalue weighted by Gasteiger charge is 2.51. The number of fused-ring (bicyclic) bond motifs is 5. The number of anilines is 1. The van der Waals surface area contributed by atoms with E-state index in [2.05, 4.69) is 61.4 Å². The Morgan fingerprint density at radius 3 is 2.49 bits per heavy atom. The first-order chi connectivity index (χ1) is 35.9. The molecule has 0 radical (unpaired) electrons. The van der Waals surface area contributed by atoms with Crippen LogP contribution in [0.5, 0.6) is 5.75 Å². The van der Waals surface area contributed by atoms with E-state index >= 15 is 0 Å². The van der Waals surface area contributed by atoms with Crippen LogP contribution in [0.4, 0.5) is 10.5 Å². The summed E-state index contributed by atoms with van der Waals surface area (Å²) in [5.74, 6) is -1.63. The molecule has 0 bridgehead atoms. The van der Waals surface area contributed by atoms with Gasteiger partial charge in [0.25, 0.3) is 5.56 Å². The molecule has 2 aliphatic heterocycles. The number of hydrogen-bond acceptors (Lipinski definition) is 15. The van der Waals surface area contributed by atoms with E-state index in [1.54, 1.807) is 41.8 Å². The summed E-state index contributed by atoms with van der Waals surface area (Å²) < 4.78 is 43.3. The fourth-order valence-electron chi connectivity index (χ4n) is 8.86. The van der Waals surface area contributed by atoms with Gasteiger partial charge in [-0.2, -0.15) is 0 Å². The van der Waals surface area contributed by atoms with Crippen LogP contribution in [0.15, 0.2) is 58.4 Å². The normalized spacial score (nSPS) is 15.4. The van der Waals surface area contributed by atoms with Crippen molar-refractivity contribution < 1.29 is 53.5 Å². The largest absolute Gasteiger partial charge is 0.543 e. The fourth-order valence-corrected chi connectivity index (χ4v) is 9.88. The zero-order valence-corrected chi connectivity index (χ0v) is 44.8. The van der Waals surface area contributed by atoms with Gasteiger partial charge in [-0.3, -0.25) is 19.2 Å². The highest BCUT2D eigenvalue weighted by molar-refractivity contribution is 6.74. The van der Waals surface area contributed by atoms with E-state index in [0.29, 0.717) is 68.0 Å². The minimum atomic E-state index is -2.14. The van der Waals surface area contributed by atoms with Crippen LogP contribution in [0.2, 0.25) is 18.1 Å². The molecule has 19 nitrogen and oxygen atoms in total. The summed E-state index contributed by atoms with van der Waals surface area (Å²) in [6.07, 6.45) is 1.81. The van der Waals surface area contributed by atoms with Crippen LogP contribution in [0, 0.1) is 5.92 Å². The van der Waals surface area contributed by atoms with Crippen LogP contribution in [-0.2, 0) is 74.6 Å². The van der Waals surface area contributed by atoms with Crippen LogP contribution in [0.1, 0.15) is 116 Å². The number of aromatic nitrogens is 2. The lowest BCUT2D eigenvalue weighted by Gasteiger charge is -2.36. The number of ether oxygens (including phenoxy) is 5. The van der Waals surface area contributed by atoms with E-state index in [-0.39, 0.29) is 111 Å². The predicted molar refractivity (Wildman–Crippen MR) is 281 cm³/mol. The number of aryl methyl sites for hydroxylation is 1. The molecule has 398 valence electrons.